The largest absolute Gasteiger partial charge is 0.361 e. The molecule has 0 saturated carbocycles. The molecule has 0 radical (unpaired) electrons. The lowest BCUT2D eigenvalue weighted by Crippen LogP contribution is -2.08. The van der Waals surface area contributed by atoms with Gasteiger partial charge in [0.15, 0.2) is 5.65 Å². The topological polar surface area (TPSA) is 39.9 Å². The van der Waals surface area contributed by atoms with Gasteiger partial charge in [0, 0.05) is 25.2 Å². The molecule has 0 fully saturated rings. The average molecular weight is 361 g/mol. The summed E-state index contributed by atoms with van der Waals surface area (Å²) < 4.78 is 8.74. The van der Waals surface area contributed by atoms with Crippen molar-refractivity contribution in [3.63, 3.8) is 0 Å². The highest BCUT2D eigenvalue weighted by Crippen LogP contribution is 2.16. The molecule has 6 heteroatoms. The molecule has 2 aromatic heterocycles. The molecule has 0 aliphatic rings. The standard InChI is InChI=1S/C11H16IN3OSi/c1-17(2)6-5-16-8-15-7-14-10-9(12)3-4-13-11(10)15/h3-4,7,17H,5-6,8H2,1-2H3. The molecule has 0 atom stereocenters. The zero-order valence-electron chi connectivity index (χ0n) is 10.1. The Morgan fingerprint density at radius 3 is 3.00 bits per heavy atom. The molecular formula is C11H16IN3OSi. The first-order valence-corrected chi connectivity index (χ1v) is 9.92. The Hall–Kier alpha value is -0.473. The highest BCUT2D eigenvalue weighted by molar-refractivity contribution is 14.1. The van der Waals surface area contributed by atoms with Gasteiger partial charge >= 0.3 is 0 Å². The zero-order valence-corrected chi connectivity index (χ0v) is 13.4. The van der Waals surface area contributed by atoms with E-state index in [-0.39, 0.29) is 0 Å². The summed E-state index contributed by atoms with van der Waals surface area (Å²) in [6.07, 6.45) is 3.61. The van der Waals surface area contributed by atoms with Gasteiger partial charge in [-0.1, -0.05) is 13.1 Å². The molecule has 0 unspecified atom stereocenters. The molecule has 0 bridgehead atoms. The number of aromatic nitrogens is 3. The lowest BCUT2D eigenvalue weighted by molar-refractivity contribution is 0.0898. The van der Waals surface area contributed by atoms with E-state index in [0.717, 1.165) is 21.3 Å². The van der Waals surface area contributed by atoms with E-state index in [1.54, 1.807) is 6.33 Å². The van der Waals surface area contributed by atoms with Crippen molar-refractivity contribution in [2.24, 2.45) is 0 Å². The van der Waals surface area contributed by atoms with Crippen LogP contribution in [0.25, 0.3) is 11.2 Å². The molecule has 2 aromatic rings. The molecular weight excluding hydrogens is 345 g/mol. The second kappa shape index (κ2) is 5.92. The number of fused-ring (bicyclic) bond motifs is 1. The number of rotatable bonds is 5. The normalized spacial score (nSPS) is 11.5. The smallest absolute Gasteiger partial charge is 0.162 e. The van der Waals surface area contributed by atoms with Crippen LogP contribution in [0.3, 0.4) is 0 Å². The van der Waals surface area contributed by atoms with Crippen LogP contribution in [0, 0.1) is 3.57 Å². The van der Waals surface area contributed by atoms with Crippen molar-refractivity contribution in [3.8, 4) is 0 Å². The Kier molecular flexibility index (Phi) is 4.52. The number of imidazole rings is 1. The van der Waals surface area contributed by atoms with Crippen LogP contribution in [0.1, 0.15) is 0 Å². The molecule has 0 aliphatic heterocycles. The van der Waals surface area contributed by atoms with Gasteiger partial charge in [-0.2, -0.15) is 0 Å². The third kappa shape index (κ3) is 3.26. The van der Waals surface area contributed by atoms with Crippen molar-refractivity contribution < 1.29 is 4.74 Å². The summed E-state index contributed by atoms with van der Waals surface area (Å²) in [5.41, 5.74) is 1.86. The number of pyridine rings is 1. The van der Waals surface area contributed by atoms with Gasteiger partial charge < -0.3 is 4.74 Å². The molecule has 0 N–H and O–H groups in total. The molecule has 0 spiro atoms. The average Bonchev–Trinajstić information content (AvgIpc) is 2.69. The molecule has 17 heavy (non-hydrogen) atoms. The van der Waals surface area contributed by atoms with Gasteiger partial charge in [-0.3, -0.25) is 4.57 Å². The SMILES string of the molecule is C[SiH](C)CCOCn1cnc2c(I)ccnc21. The Balaban J connectivity index is 2.02. The number of ether oxygens (including phenoxy) is 1. The fourth-order valence-electron chi connectivity index (χ4n) is 1.51. The van der Waals surface area contributed by atoms with Crippen molar-refractivity contribution >= 4 is 42.6 Å². The summed E-state index contributed by atoms with van der Waals surface area (Å²) in [4.78, 5) is 8.69. The number of halogens is 1. The minimum atomic E-state index is -0.505. The van der Waals surface area contributed by atoms with Crippen LogP contribution >= 0.6 is 22.6 Å². The van der Waals surface area contributed by atoms with Gasteiger partial charge in [-0.05, 0) is 34.7 Å². The molecule has 92 valence electrons. The van der Waals surface area contributed by atoms with E-state index in [9.17, 15) is 0 Å². The third-order valence-corrected chi connectivity index (χ3v) is 4.78. The van der Waals surface area contributed by atoms with Crippen LogP contribution in [-0.2, 0) is 11.5 Å². The molecule has 0 aliphatic carbocycles. The number of nitrogens with zero attached hydrogens (tertiary/aromatic N) is 3. The van der Waals surface area contributed by atoms with E-state index in [1.165, 1.54) is 6.04 Å². The van der Waals surface area contributed by atoms with Crippen molar-refractivity contribution in [3.05, 3.63) is 22.2 Å². The summed E-state index contributed by atoms with van der Waals surface area (Å²) in [6.45, 7) is 6.05. The van der Waals surface area contributed by atoms with Gasteiger partial charge in [0.25, 0.3) is 0 Å². The summed E-state index contributed by atoms with van der Waals surface area (Å²) >= 11 is 2.27. The molecule has 2 heterocycles. The fourth-order valence-corrected chi connectivity index (χ4v) is 2.69. The Labute approximate surface area is 116 Å². The van der Waals surface area contributed by atoms with E-state index in [1.807, 2.05) is 16.8 Å². The second-order valence-corrected chi connectivity index (χ2v) is 8.93. The number of hydrogen-bond donors (Lipinski definition) is 0. The highest BCUT2D eigenvalue weighted by atomic mass is 127. The molecule has 0 saturated heterocycles. The highest BCUT2D eigenvalue weighted by Gasteiger charge is 2.06. The summed E-state index contributed by atoms with van der Waals surface area (Å²) in [5, 5.41) is 0. The Morgan fingerprint density at radius 2 is 2.24 bits per heavy atom. The summed E-state index contributed by atoms with van der Waals surface area (Å²) in [5.74, 6) is 0. The van der Waals surface area contributed by atoms with Crippen molar-refractivity contribution in [2.45, 2.75) is 25.9 Å². The van der Waals surface area contributed by atoms with E-state index in [0.29, 0.717) is 6.73 Å². The predicted octanol–water partition coefficient (Wildman–Crippen LogP) is 2.50. The molecule has 4 nitrogen and oxygen atoms in total. The van der Waals surface area contributed by atoms with Gasteiger partial charge in [-0.15, -0.1) is 0 Å². The van der Waals surface area contributed by atoms with Crippen LogP contribution in [0.4, 0.5) is 0 Å². The predicted molar refractivity (Wildman–Crippen MR) is 79.9 cm³/mol. The second-order valence-electron chi connectivity index (χ2n) is 4.40. The molecule has 0 aromatic carbocycles. The third-order valence-electron chi connectivity index (χ3n) is 2.52. The Morgan fingerprint density at radius 1 is 1.41 bits per heavy atom. The van der Waals surface area contributed by atoms with Crippen LogP contribution in [0.5, 0.6) is 0 Å². The fraction of sp³-hybridized carbons (Fsp3) is 0.455. The van der Waals surface area contributed by atoms with Gasteiger partial charge in [0.05, 0.1) is 6.33 Å². The monoisotopic (exact) mass is 361 g/mol. The summed E-state index contributed by atoms with van der Waals surface area (Å²) in [6, 6.07) is 3.18. The summed E-state index contributed by atoms with van der Waals surface area (Å²) in [7, 11) is -0.505. The van der Waals surface area contributed by atoms with Crippen molar-refractivity contribution in [1.29, 1.82) is 0 Å². The van der Waals surface area contributed by atoms with Crippen LogP contribution in [-0.4, -0.2) is 29.9 Å². The maximum absolute atomic E-state index is 5.65. The van der Waals surface area contributed by atoms with Gasteiger partial charge in [0.1, 0.15) is 12.2 Å². The van der Waals surface area contributed by atoms with Gasteiger partial charge in [-0.25, -0.2) is 9.97 Å². The first-order chi connectivity index (χ1) is 8.18. The van der Waals surface area contributed by atoms with Crippen molar-refractivity contribution in [1.82, 2.24) is 14.5 Å². The van der Waals surface area contributed by atoms with Gasteiger partial charge in [0.2, 0.25) is 0 Å². The maximum Gasteiger partial charge on any atom is 0.162 e. The first kappa shape index (κ1) is 13.0. The lowest BCUT2D eigenvalue weighted by atomic mass is 10.4. The quantitative estimate of drug-likeness (QED) is 0.467. The van der Waals surface area contributed by atoms with E-state index >= 15 is 0 Å². The Bertz CT molecular complexity index is 500. The zero-order chi connectivity index (χ0) is 12.3. The van der Waals surface area contributed by atoms with Crippen molar-refractivity contribution in [2.75, 3.05) is 6.61 Å². The lowest BCUT2D eigenvalue weighted by Gasteiger charge is -2.06. The minimum Gasteiger partial charge on any atom is -0.361 e. The van der Waals surface area contributed by atoms with E-state index in [2.05, 4.69) is 45.7 Å². The van der Waals surface area contributed by atoms with Crippen LogP contribution < -0.4 is 0 Å². The van der Waals surface area contributed by atoms with E-state index < -0.39 is 8.80 Å². The van der Waals surface area contributed by atoms with Crippen LogP contribution in [0.15, 0.2) is 18.6 Å². The van der Waals surface area contributed by atoms with E-state index in [4.69, 9.17) is 4.74 Å². The molecule has 0 amide bonds. The first-order valence-electron chi connectivity index (χ1n) is 5.71. The molecule has 2 rings (SSSR count). The number of hydrogen-bond acceptors (Lipinski definition) is 3. The maximum atomic E-state index is 5.65. The minimum absolute atomic E-state index is 0.505. The van der Waals surface area contributed by atoms with Crippen LogP contribution in [0.2, 0.25) is 19.1 Å².